The first kappa shape index (κ1) is 45.9. The van der Waals surface area contributed by atoms with Crippen LogP contribution in [0.3, 0.4) is 0 Å². The van der Waals surface area contributed by atoms with Gasteiger partial charge in [0.2, 0.25) is 0 Å². The van der Waals surface area contributed by atoms with Crippen LogP contribution in [0.4, 0.5) is 17.1 Å². The summed E-state index contributed by atoms with van der Waals surface area (Å²) in [6.07, 6.45) is 12.2. The molecule has 0 unspecified atom stereocenters. The maximum absolute atomic E-state index is 5.62. The molecule has 0 aromatic heterocycles. The molecule has 0 aliphatic carbocycles. The molecule has 0 atom stereocenters. The lowest BCUT2D eigenvalue weighted by Crippen LogP contribution is -2.20. The van der Waals surface area contributed by atoms with Crippen LogP contribution < -0.4 is 11.1 Å². The Morgan fingerprint density at radius 2 is 1.18 bits per heavy atom. The fourth-order valence-electron chi connectivity index (χ4n) is 7.49. The molecule has 312 valence electrons. The van der Waals surface area contributed by atoms with Gasteiger partial charge in [0.15, 0.2) is 0 Å². The van der Waals surface area contributed by atoms with Gasteiger partial charge in [0, 0.05) is 22.5 Å². The van der Waals surface area contributed by atoms with Gasteiger partial charge in [-0.15, -0.1) is 0 Å². The molecule has 0 saturated carbocycles. The summed E-state index contributed by atoms with van der Waals surface area (Å²) in [5, 5.41) is 8.72. The minimum atomic E-state index is -0.201. The van der Waals surface area contributed by atoms with Gasteiger partial charge >= 0.3 is 0 Å². The highest BCUT2D eigenvalue weighted by molar-refractivity contribution is 5.94. The summed E-state index contributed by atoms with van der Waals surface area (Å²) in [6.45, 7) is 22.5. The molecule has 2 heteroatoms. The van der Waals surface area contributed by atoms with E-state index in [2.05, 4.69) is 192 Å². The van der Waals surface area contributed by atoms with E-state index < -0.39 is 0 Å². The molecule has 0 heterocycles. The van der Waals surface area contributed by atoms with Crippen LogP contribution in [0.2, 0.25) is 0 Å². The minimum Gasteiger partial charge on any atom is -0.399 e. The highest BCUT2D eigenvalue weighted by Crippen LogP contribution is 2.40. The summed E-state index contributed by atoms with van der Waals surface area (Å²) in [7, 11) is 0. The summed E-state index contributed by atoms with van der Waals surface area (Å²) in [4.78, 5) is 0. The Hall–Kier alpha value is -7.16. The maximum Gasteiger partial charge on any atom is 0.0426 e. The van der Waals surface area contributed by atoms with Crippen molar-refractivity contribution in [3.63, 3.8) is 0 Å². The first-order chi connectivity index (χ1) is 30.1. The monoisotopic (exact) mass is 810 g/mol. The molecule has 0 radical (unpaired) electrons. The third kappa shape index (κ3) is 11.6. The lowest BCUT2D eigenvalue weighted by atomic mass is 9.76. The van der Waals surface area contributed by atoms with Gasteiger partial charge in [0.1, 0.15) is 0 Å². The molecule has 3 N–H and O–H groups in total. The van der Waals surface area contributed by atoms with Crippen molar-refractivity contribution < 1.29 is 0 Å². The molecular formula is C60H62N2. The summed E-state index contributed by atoms with van der Waals surface area (Å²) >= 11 is 0. The largest absolute Gasteiger partial charge is 0.399 e. The van der Waals surface area contributed by atoms with Crippen molar-refractivity contribution in [3.8, 4) is 11.1 Å². The number of fused-ring (bicyclic) bond motifs is 2. The lowest BCUT2D eigenvalue weighted by Gasteiger charge is -2.30. The Labute approximate surface area is 371 Å². The van der Waals surface area contributed by atoms with Gasteiger partial charge in [-0.1, -0.05) is 211 Å². The van der Waals surface area contributed by atoms with Crippen LogP contribution >= 0.6 is 0 Å². The quantitative estimate of drug-likeness (QED) is 0.143. The van der Waals surface area contributed by atoms with Crippen LogP contribution in [-0.2, 0) is 5.41 Å². The third-order valence-electron chi connectivity index (χ3n) is 10.9. The maximum atomic E-state index is 5.62. The van der Waals surface area contributed by atoms with Crippen molar-refractivity contribution in [2.24, 2.45) is 0 Å². The average molecular weight is 811 g/mol. The third-order valence-corrected chi connectivity index (χ3v) is 10.9. The Bertz CT molecular complexity index is 2770. The number of benzene rings is 8. The number of nitrogens with two attached hydrogens (primary N) is 1. The second kappa shape index (κ2) is 22.4. The average Bonchev–Trinajstić information content (AvgIpc) is 3.31. The van der Waals surface area contributed by atoms with Crippen LogP contribution in [-0.4, -0.2) is 0 Å². The molecule has 0 spiro atoms. The predicted octanol–water partition coefficient (Wildman–Crippen LogP) is 17.4. The number of anilines is 3. The fraction of sp³-hybridized carbons (Fsp3) is 0.133. The summed E-state index contributed by atoms with van der Waals surface area (Å²) in [5.74, 6) is 0. The number of allylic oxidation sites excluding steroid dienone is 2. The van der Waals surface area contributed by atoms with Gasteiger partial charge in [-0.05, 0) is 129 Å². The van der Waals surface area contributed by atoms with Gasteiger partial charge in [-0.25, -0.2) is 0 Å². The molecule has 8 aromatic rings. The lowest BCUT2D eigenvalue weighted by molar-refractivity contribution is 0.643. The Balaban J connectivity index is 0.000000244. The zero-order chi connectivity index (χ0) is 44.5. The van der Waals surface area contributed by atoms with Crippen molar-refractivity contribution in [1.82, 2.24) is 0 Å². The van der Waals surface area contributed by atoms with Crippen molar-refractivity contribution in [2.45, 2.75) is 53.9 Å². The van der Waals surface area contributed by atoms with Crippen LogP contribution in [0, 0.1) is 6.92 Å². The second-order valence-electron chi connectivity index (χ2n) is 15.4. The van der Waals surface area contributed by atoms with E-state index in [-0.39, 0.29) is 5.41 Å². The Morgan fingerprint density at radius 3 is 1.85 bits per heavy atom. The molecule has 62 heavy (non-hydrogen) atoms. The standard InChI is InChI=1S/C37H35N.C11H12.C10H9N.C2H6/c1-6-11-33-26(3)14-17-30-24-32(21-22-34(30)33)38-36-23-20-29(28-18-15-27(7-2)16-19-28)25-35(36)37(4,5)31-12-9-8-10-13-31;1-3-7-11-9-6-5-8-10(11)4-2;11-10-6-5-8-3-1-2-4-9(8)7-10;1-2/h6-25,38H,2H2,1,3-5H3;3-9H,2H2,1H3;1-7H,11H2;1-2H3/b11-6-;7-3-;;. The highest BCUT2D eigenvalue weighted by Gasteiger charge is 2.26. The number of rotatable bonds is 9. The van der Waals surface area contributed by atoms with Crippen LogP contribution in [0.15, 0.2) is 195 Å². The first-order valence-electron chi connectivity index (χ1n) is 21.6. The van der Waals surface area contributed by atoms with Gasteiger partial charge in [-0.3, -0.25) is 0 Å². The van der Waals surface area contributed by atoms with Crippen molar-refractivity contribution in [3.05, 3.63) is 234 Å². The molecule has 2 nitrogen and oxygen atoms in total. The van der Waals surface area contributed by atoms with Gasteiger partial charge < -0.3 is 11.1 Å². The van der Waals surface area contributed by atoms with Gasteiger partial charge in [0.25, 0.3) is 0 Å². The summed E-state index contributed by atoms with van der Waals surface area (Å²) < 4.78 is 0. The van der Waals surface area contributed by atoms with Gasteiger partial charge in [-0.2, -0.15) is 0 Å². The van der Waals surface area contributed by atoms with Crippen molar-refractivity contribution >= 4 is 62.9 Å². The molecule has 8 rings (SSSR count). The number of hydrogen-bond donors (Lipinski definition) is 2. The molecule has 0 aliphatic heterocycles. The number of nitrogens with one attached hydrogen (secondary N) is 1. The molecule has 0 aliphatic rings. The zero-order valence-electron chi connectivity index (χ0n) is 37.6. The van der Waals surface area contributed by atoms with Crippen LogP contribution in [0.1, 0.15) is 80.5 Å². The van der Waals surface area contributed by atoms with Crippen LogP contribution in [0.25, 0.3) is 57.0 Å². The van der Waals surface area contributed by atoms with Crippen molar-refractivity contribution in [1.29, 1.82) is 0 Å². The molecular weight excluding hydrogens is 749 g/mol. The SMILES string of the molecule is C=Cc1ccc(-c2ccc(Nc3ccc4c(/C=C\C)c(C)ccc4c3)c(C(C)(C)c3ccccc3)c2)cc1.C=Cc1ccccc1/C=C\C.CC.Nc1ccc2ccccc2c1. The summed E-state index contributed by atoms with van der Waals surface area (Å²) in [6, 6.07) is 59.5. The number of nitrogen functional groups attached to an aromatic ring is 1. The minimum absolute atomic E-state index is 0.201. The molecule has 0 amide bonds. The molecule has 0 fully saturated rings. The zero-order valence-corrected chi connectivity index (χ0v) is 37.6. The van der Waals surface area contributed by atoms with Gasteiger partial charge in [0.05, 0.1) is 0 Å². The van der Waals surface area contributed by atoms with E-state index in [1.807, 2.05) is 81.5 Å². The van der Waals surface area contributed by atoms with E-state index in [1.165, 1.54) is 66.1 Å². The molecule has 8 aromatic carbocycles. The van der Waals surface area contributed by atoms with E-state index in [4.69, 9.17) is 5.73 Å². The number of hydrogen-bond acceptors (Lipinski definition) is 2. The highest BCUT2D eigenvalue weighted by atomic mass is 14.9. The topological polar surface area (TPSA) is 38.0 Å². The Kier molecular flexibility index (Phi) is 16.6. The predicted molar refractivity (Wildman–Crippen MR) is 278 cm³/mol. The summed E-state index contributed by atoms with van der Waals surface area (Å²) in [5.41, 5.74) is 19.5. The van der Waals surface area contributed by atoms with E-state index in [0.717, 1.165) is 22.6 Å². The molecule has 0 saturated heterocycles. The van der Waals surface area contributed by atoms with E-state index in [1.54, 1.807) is 0 Å². The smallest absolute Gasteiger partial charge is 0.0426 e. The first-order valence-corrected chi connectivity index (χ1v) is 21.6. The second-order valence-corrected chi connectivity index (χ2v) is 15.4. The normalized spacial score (nSPS) is 10.9. The molecule has 0 bridgehead atoms. The van der Waals surface area contributed by atoms with E-state index in [9.17, 15) is 0 Å². The Morgan fingerprint density at radius 1 is 0.548 bits per heavy atom. The van der Waals surface area contributed by atoms with E-state index >= 15 is 0 Å². The van der Waals surface area contributed by atoms with Crippen molar-refractivity contribution in [2.75, 3.05) is 11.1 Å². The number of aryl methyl sites for hydroxylation is 1. The van der Waals surface area contributed by atoms with Crippen LogP contribution in [0.5, 0.6) is 0 Å². The van der Waals surface area contributed by atoms with E-state index in [0.29, 0.717) is 0 Å². The fourth-order valence-corrected chi connectivity index (χ4v) is 7.49.